The lowest BCUT2D eigenvalue weighted by atomic mass is 9.93. The van der Waals surface area contributed by atoms with Crippen molar-refractivity contribution in [2.45, 2.75) is 12.5 Å². The number of nitrogens with two attached hydrogens (primary N) is 1. The van der Waals surface area contributed by atoms with Crippen LogP contribution < -0.4 is 5.73 Å². The first kappa shape index (κ1) is 13.0. The van der Waals surface area contributed by atoms with Gasteiger partial charge in [-0.1, -0.05) is 12.1 Å². The van der Waals surface area contributed by atoms with E-state index in [2.05, 4.69) is 0 Å². The average Bonchev–Trinajstić information content (AvgIpc) is 2.69. The molecular formula is C11H14N2O4S. The maximum atomic E-state index is 11.4. The molecule has 2 rings (SSSR count). The van der Waals surface area contributed by atoms with Gasteiger partial charge in [-0.2, -0.15) is 0 Å². The number of nitro benzene ring substituents is 1. The number of benzene rings is 1. The Morgan fingerprint density at radius 3 is 2.39 bits per heavy atom. The molecule has 1 aliphatic heterocycles. The van der Waals surface area contributed by atoms with Gasteiger partial charge < -0.3 is 5.73 Å². The Morgan fingerprint density at radius 2 is 1.94 bits per heavy atom. The summed E-state index contributed by atoms with van der Waals surface area (Å²) in [4.78, 5) is 10.0. The molecule has 6 nitrogen and oxygen atoms in total. The molecular weight excluding hydrogens is 256 g/mol. The summed E-state index contributed by atoms with van der Waals surface area (Å²) < 4.78 is 22.8. The minimum absolute atomic E-state index is 0.00462. The Kier molecular flexibility index (Phi) is 3.36. The topological polar surface area (TPSA) is 103 Å². The smallest absolute Gasteiger partial charge is 0.269 e. The summed E-state index contributed by atoms with van der Waals surface area (Å²) in [6.45, 7) is 0. The van der Waals surface area contributed by atoms with Gasteiger partial charge in [-0.05, 0) is 17.9 Å². The van der Waals surface area contributed by atoms with Gasteiger partial charge in [-0.15, -0.1) is 0 Å². The zero-order chi connectivity index (χ0) is 13.3. The van der Waals surface area contributed by atoms with Gasteiger partial charge in [0.1, 0.15) is 0 Å². The van der Waals surface area contributed by atoms with E-state index in [-0.39, 0.29) is 29.2 Å². The van der Waals surface area contributed by atoms with Gasteiger partial charge in [0.2, 0.25) is 0 Å². The second-order valence-electron chi connectivity index (χ2n) is 4.54. The van der Waals surface area contributed by atoms with Gasteiger partial charge >= 0.3 is 0 Å². The summed E-state index contributed by atoms with van der Waals surface area (Å²) in [5, 5.41) is 10.5. The predicted molar refractivity (Wildman–Crippen MR) is 66.8 cm³/mol. The molecule has 0 spiro atoms. The summed E-state index contributed by atoms with van der Waals surface area (Å²) in [5.41, 5.74) is 6.76. The number of nitro groups is 1. The molecule has 0 radical (unpaired) electrons. The first-order valence-electron chi connectivity index (χ1n) is 5.59. The van der Waals surface area contributed by atoms with Gasteiger partial charge in [0.15, 0.2) is 9.84 Å². The van der Waals surface area contributed by atoms with Crippen LogP contribution in [0.3, 0.4) is 0 Å². The van der Waals surface area contributed by atoms with Crippen LogP contribution >= 0.6 is 0 Å². The van der Waals surface area contributed by atoms with Crippen molar-refractivity contribution in [2.24, 2.45) is 11.7 Å². The zero-order valence-corrected chi connectivity index (χ0v) is 10.5. The summed E-state index contributed by atoms with van der Waals surface area (Å²) >= 11 is 0. The third-order valence-corrected chi connectivity index (χ3v) is 5.06. The van der Waals surface area contributed by atoms with Crippen LogP contribution in [0, 0.1) is 16.0 Å². The van der Waals surface area contributed by atoms with E-state index in [1.165, 1.54) is 12.1 Å². The van der Waals surface area contributed by atoms with Crippen molar-refractivity contribution in [2.75, 3.05) is 11.5 Å². The highest BCUT2D eigenvalue weighted by molar-refractivity contribution is 7.91. The minimum Gasteiger partial charge on any atom is -0.324 e. The molecule has 7 heteroatoms. The molecule has 2 N–H and O–H groups in total. The molecule has 1 aromatic carbocycles. The maximum Gasteiger partial charge on any atom is 0.269 e. The van der Waals surface area contributed by atoms with Crippen LogP contribution in [0.4, 0.5) is 5.69 Å². The molecule has 98 valence electrons. The third kappa shape index (κ3) is 2.68. The fourth-order valence-corrected chi connectivity index (χ4v) is 4.05. The molecule has 1 heterocycles. The van der Waals surface area contributed by atoms with Gasteiger partial charge in [-0.3, -0.25) is 10.1 Å². The third-order valence-electron chi connectivity index (χ3n) is 3.26. The monoisotopic (exact) mass is 270 g/mol. The van der Waals surface area contributed by atoms with E-state index in [0.29, 0.717) is 6.42 Å². The molecule has 2 unspecified atom stereocenters. The highest BCUT2D eigenvalue weighted by Gasteiger charge is 2.32. The van der Waals surface area contributed by atoms with Crippen LogP contribution in [0.1, 0.15) is 18.0 Å². The van der Waals surface area contributed by atoms with Crippen LogP contribution in [0.2, 0.25) is 0 Å². The molecule has 0 bridgehead atoms. The Labute approximate surface area is 105 Å². The molecule has 1 aliphatic rings. The number of nitrogens with zero attached hydrogens (tertiary/aromatic N) is 1. The summed E-state index contributed by atoms with van der Waals surface area (Å²) in [6.07, 6.45) is 0.556. The van der Waals surface area contributed by atoms with Gasteiger partial charge in [0.25, 0.3) is 5.69 Å². The first-order chi connectivity index (χ1) is 8.39. The summed E-state index contributed by atoms with van der Waals surface area (Å²) in [7, 11) is -2.96. The Morgan fingerprint density at radius 1 is 1.33 bits per heavy atom. The summed E-state index contributed by atoms with van der Waals surface area (Å²) in [5.74, 6) is 0.181. The molecule has 0 aliphatic carbocycles. The van der Waals surface area contributed by atoms with Crippen molar-refractivity contribution in [1.82, 2.24) is 0 Å². The standard InChI is InChI=1S/C11H14N2O4S/c12-11(9-5-6-18(16,17)7-9)8-1-3-10(4-2-8)13(14)15/h1-4,9,11H,5-7,12H2. The normalized spacial score (nSPS) is 23.7. The van der Waals surface area contributed by atoms with E-state index in [9.17, 15) is 18.5 Å². The molecule has 1 aromatic rings. The molecule has 0 aromatic heterocycles. The van der Waals surface area contributed by atoms with Crippen molar-refractivity contribution in [3.63, 3.8) is 0 Å². The lowest BCUT2D eigenvalue weighted by Crippen LogP contribution is -2.22. The van der Waals surface area contributed by atoms with E-state index in [1.807, 2.05) is 0 Å². The quantitative estimate of drug-likeness (QED) is 0.652. The molecule has 2 atom stereocenters. The molecule has 1 saturated heterocycles. The lowest BCUT2D eigenvalue weighted by Gasteiger charge is -2.17. The second-order valence-corrected chi connectivity index (χ2v) is 6.77. The number of hydrogen-bond acceptors (Lipinski definition) is 5. The number of hydrogen-bond donors (Lipinski definition) is 1. The largest absolute Gasteiger partial charge is 0.324 e. The van der Waals surface area contributed by atoms with Gasteiger partial charge in [0.05, 0.1) is 16.4 Å². The van der Waals surface area contributed by atoms with E-state index >= 15 is 0 Å². The summed E-state index contributed by atoms with van der Waals surface area (Å²) in [6, 6.07) is 5.57. The maximum absolute atomic E-state index is 11.4. The Bertz CT molecular complexity index is 553. The fourth-order valence-electron chi connectivity index (χ4n) is 2.20. The van der Waals surface area contributed by atoms with Crippen molar-refractivity contribution in [3.05, 3.63) is 39.9 Å². The van der Waals surface area contributed by atoms with Crippen molar-refractivity contribution < 1.29 is 13.3 Å². The number of sulfone groups is 1. The minimum atomic E-state index is -2.96. The van der Waals surface area contributed by atoms with Crippen molar-refractivity contribution >= 4 is 15.5 Å². The predicted octanol–water partition coefficient (Wildman–Crippen LogP) is 1.03. The van der Waals surface area contributed by atoms with E-state index in [0.717, 1.165) is 5.56 Å². The van der Waals surface area contributed by atoms with Crippen LogP contribution in [-0.4, -0.2) is 24.8 Å². The van der Waals surface area contributed by atoms with Crippen molar-refractivity contribution in [1.29, 1.82) is 0 Å². The molecule has 0 amide bonds. The second kappa shape index (κ2) is 4.66. The van der Waals surface area contributed by atoms with E-state index < -0.39 is 14.8 Å². The van der Waals surface area contributed by atoms with Crippen LogP contribution in [0.25, 0.3) is 0 Å². The molecule has 18 heavy (non-hydrogen) atoms. The zero-order valence-electron chi connectivity index (χ0n) is 9.65. The first-order valence-corrected chi connectivity index (χ1v) is 7.41. The van der Waals surface area contributed by atoms with Crippen molar-refractivity contribution in [3.8, 4) is 0 Å². The number of rotatable bonds is 3. The van der Waals surface area contributed by atoms with Crippen LogP contribution in [0.5, 0.6) is 0 Å². The van der Waals surface area contributed by atoms with Crippen LogP contribution in [0.15, 0.2) is 24.3 Å². The van der Waals surface area contributed by atoms with E-state index in [4.69, 9.17) is 5.73 Å². The highest BCUT2D eigenvalue weighted by Crippen LogP contribution is 2.30. The van der Waals surface area contributed by atoms with E-state index in [1.54, 1.807) is 12.1 Å². The van der Waals surface area contributed by atoms with Gasteiger partial charge in [-0.25, -0.2) is 8.42 Å². The SMILES string of the molecule is NC(c1ccc([N+](=O)[O-])cc1)C1CCS(=O)(=O)C1. The Hall–Kier alpha value is -1.47. The molecule has 0 saturated carbocycles. The fraction of sp³-hybridized carbons (Fsp3) is 0.455. The van der Waals surface area contributed by atoms with Gasteiger partial charge in [0, 0.05) is 18.2 Å². The number of non-ortho nitro benzene ring substituents is 1. The average molecular weight is 270 g/mol. The highest BCUT2D eigenvalue weighted by atomic mass is 32.2. The van der Waals surface area contributed by atoms with Crippen LogP contribution in [-0.2, 0) is 9.84 Å². The molecule has 1 fully saturated rings. The lowest BCUT2D eigenvalue weighted by molar-refractivity contribution is -0.384. The Balaban J connectivity index is 2.14.